The molecule has 102 valence electrons. The SMILES string of the molecule is CCOC(=O)C1CCCCN1CCC(C)(C)C#N. The number of hydrogen-bond donors (Lipinski definition) is 0. The summed E-state index contributed by atoms with van der Waals surface area (Å²) in [6.07, 6.45) is 3.88. The fourth-order valence-corrected chi connectivity index (χ4v) is 2.24. The van der Waals surface area contributed by atoms with Crippen molar-refractivity contribution in [2.24, 2.45) is 5.41 Å². The lowest BCUT2D eigenvalue weighted by Gasteiger charge is -2.35. The molecule has 0 N–H and O–H groups in total. The topological polar surface area (TPSA) is 53.3 Å². The second-order valence-electron chi connectivity index (χ2n) is 5.55. The van der Waals surface area contributed by atoms with Crippen molar-refractivity contribution in [1.82, 2.24) is 4.90 Å². The zero-order valence-corrected chi connectivity index (χ0v) is 11.7. The minimum absolute atomic E-state index is 0.104. The van der Waals surface area contributed by atoms with E-state index in [1.165, 1.54) is 0 Å². The molecule has 0 spiro atoms. The van der Waals surface area contributed by atoms with Crippen molar-refractivity contribution >= 4 is 5.97 Å². The third-order valence-electron chi connectivity index (χ3n) is 3.50. The Labute approximate surface area is 110 Å². The van der Waals surface area contributed by atoms with Crippen LogP contribution in [0.15, 0.2) is 0 Å². The third-order valence-corrected chi connectivity index (χ3v) is 3.50. The standard InChI is InChI=1S/C14H24N2O2/c1-4-18-13(17)12-7-5-6-9-16(12)10-8-14(2,3)11-15/h12H,4-10H2,1-3H3. The summed E-state index contributed by atoms with van der Waals surface area (Å²) in [6, 6.07) is 2.20. The van der Waals surface area contributed by atoms with E-state index in [4.69, 9.17) is 10.00 Å². The molecule has 0 saturated carbocycles. The van der Waals surface area contributed by atoms with Crippen LogP contribution in [0.25, 0.3) is 0 Å². The first-order valence-electron chi connectivity index (χ1n) is 6.82. The number of ether oxygens (including phenoxy) is 1. The normalized spacial score (nSPS) is 21.3. The molecule has 0 aromatic carbocycles. The summed E-state index contributed by atoms with van der Waals surface area (Å²) in [5.74, 6) is -0.105. The minimum Gasteiger partial charge on any atom is -0.465 e. The molecule has 0 aromatic heterocycles. The first kappa shape index (κ1) is 15.0. The van der Waals surface area contributed by atoms with Crippen LogP contribution in [0.4, 0.5) is 0 Å². The predicted octanol–water partition coefficient (Wildman–Crippen LogP) is 2.34. The van der Waals surface area contributed by atoms with Gasteiger partial charge in [-0.3, -0.25) is 9.69 Å². The third kappa shape index (κ3) is 4.30. The van der Waals surface area contributed by atoms with Gasteiger partial charge in [0.25, 0.3) is 0 Å². The molecule has 4 nitrogen and oxygen atoms in total. The largest absolute Gasteiger partial charge is 0.465 e. The number of likely N-dealkylation sites (tertiary alicyclic amines) is 1. The van der Waals surface area contributed by atoms with Crippen LogP contribution < -0.4 is 0 Å². The summed E-state index contributed by atoms with van der Waals surface area (Å²) in [4.78, 5) is 14.1. The van der Waals surface area contributed by atoms with E-state index in [0.29, 0.717) is 6.61 Å². The molecule has 1 aliphatic heterocycles. The molecule has 1 saturated heterocycles. The Morgan fingerprint density at radius 3 is 2.83 bits per heavy atom. The van der Waals surface area contributed by atoms with Crippen LogP contribution >= 0.6 is 0 Å². The maximum atomic E-state index is 11.9. The van der Waals surface area contributed by atoms with Crippen LogP contribution in [0.5, 0.6) is 0 Å². The van der Waals surface area contributed by atoms with Gasteiger partial charge in [0.05, 0.1) is 18.1 Å². The number of carbonyl (C=O) groups excluding carboxylic acids is 1. The molecule has 0 amide bonds. The average Bonchev–Trinajstić information content (AvgIpc) is 2.37. The molecule has 0 aromatic rings. The van der Waals surface area contributed by atoms with Gasteiger partial charge in [-0.05, 0) is 46.6 Å². The van der Waals surface area contributed by atoms with Crippen LogP contribution in [-0.2, 0) is 9.53 Å². The van der Waals surface area contributed by atoms with Crippen molar-refractivity contribution in [1.29, 1.82) is 5.26 Å². The fraction of sp³-hybridized carbons (Fsp3) is 0.857. The molecule has 1 heterocycles. The number of esters is 1. The van der Waals surface area contributed by atoms with Gasteiger partial charge in [0.15, 0.2) is 0 Å². The summed E-state index contributed by atoms with van der Waals surface area (Å²) < 4.78 is 5.12. The van der Waals surface area contributed by atoms with Crippen molar-refractivity contribution in [3.63, 3.8) is 0 Å². The van der Waals surface area contributed by atoms with E-state index in [0.717, 1.165) is 38.8 Å². The molecular formula is C14H24N2O2. The summed E-state index contributed by atoms with van der Waals surface area (Å²) >= 11 is 0. The van der Waals surface area contributed by atoms with Crippen LogP contribution in [-0.4, -0.2) is 36.6 Å². The van der Waals surface area contributed by atoms with E-state index in [-0.39, 0.29) is 17.4 Å². The minimum atomic E-state index is -0.323. The maximum Gasteiger partial charge on any atom is 0.323 e. The number of rotatable bonds is 5. The number of piperidine rings is 1. The van der Waals surface area contributed by atoms with Gasteiger partial charge >= 0.3 is 5.97 Å². The number of carbonyl (C=O) groups is 1. The highest BCUT2D eigenvalue weighted by Crippen LogP contribution is 2.23. The predicted molar refractivity (Wildman–Crippen MR) is 69.9 cm³/mol. The van der Waals surface area contributed by atoms with Gasteiger partial charge in [0.2, 0.25) is 0 Å². The van der Waals surface area contributed by atoms with E-state index in [1.54, 1.807) is 0 Å². The van der Waals surface area contributed by atoms with Gasteiger partial charge in [-0.1, -0.05) is 6.42 Å². The first-order valence-corrected chi connectivity index (χ1v) is 6.82. The summed E-state index contributed by atoms with van der Waals surface area (Å²) in [6.45, 7) is 7.89. The summed E-state index contributed by atoms with van der Waals surface area (Å²) in [5.41, 5.74) is -0.323. The number of nitrogens with zero attached hydrogens (tertiary/aromatic N) is 2. The first-order chi connectivity index (χ1) is 8.50. The Kier molecular flexibility index (Phi) is 5.61. The highest BCUT2D eigenvalue weighted by atomic mass is 16.5. The van der Waals surface area contributed by atoms with E-state index >= 15 is 0 Å². The zero-order chi connectivity index (χ0) is 13.6. The van der Waals surface area contributed by atoms with Gasteiger partial charge in [-0.2, -0.15) is 5.26 Å². The Balaban J connectivity index is 2.55. The molecule has 0 radical (unpaired) electrons. The molecule has 1 atom stereocenters. The van der Waals surface area contributed by atoms with Crippen molar-refractivity contribution < 1.29 is 9.53 Å². The van der Waals surface area contributed by atoms with E-state index < -0.39 is 0 Å². The lowest BCUT2D eigenvalue weighted by Crippen LogP contribution is -2.46. The monoisotopic (exact) mass is 252 g/mol. The Morgan fingerprint density at radius 2 is 2.22 bits per heavy atom. The second kappa shape index (κ2) is 6.75. The van der Waals surface area contributed by atoms with Crippen LogP contribution in [0, 0.1) is 16.7 Å². The van der Waals surface area contributed by atoms with Crippen LogP contribution in [0.1, 0.15) is 46.5 Å². The molecule has 0 bridgehead atoms. The van der Waals surface area contributed by atoms with Gasteiger partial charge in [-0.15, -0.1) is 0 Å². The zero-order valence-electron chi connectivity index (χ0n) is 11.7. The quantitative estimate of drug-likeness (QED) is 0.705. The molecule has 1 fully saturated rings. The molecule has 1 rings (SSSR count). The summed E-state index contributed by atoms with van der Waals surface area (Å²) in [7, 11) is 0. The van der Waals surface area contributed by atoms with E-state index in [1.807, 2.05) is 20.8 Å². The van der Waals surface area contributed by atoms with Crippen molar-refractivity contribution in [2.75, 3.05) is 19.7 Å². The molecule has 0 aliphatic carbocycles. The maximum absolute atomic E-state index is 11.9. The molecule has 1 aliphatic rings. The van der Waals surface area contributed by atoms with Crippen LogP contribution in [0.2, 0.25) is 0 Å². The molecule has 18 heavy (non-hydrogen) atoms. The highest BCUT2D eigenvalue weighted by molar-refractivity contribution is 5.75. The van der Waals surface area contributed by atoms with Crippen LogP contribution in [0.3, 0.4) is 0 Å². The fourth-order valence-electron chi connectivity index (χ4n) is 2.24. The highest BCUT2D eigenvalue weighted by Gasteiger charge is 2.30. The van der Waals surface area contributed by atoms with Gasteiger partial charge in [-0.25, -0.2) is 0 Å². The van der Waals surface area contributed by atoms with Crippen molar-refractivity contribution in [3.8, 4) is 6.07 Å². The molecule has 1 unspecified atom stereocenters. The number of hydrogen-bond acceptors (Lipinski definition) is 4. The Morgan fingerprint density at radius 1 is 1.50 bits per heavy atom. The van der Waals surface area contributed by atoms with Gasteiger partial charge in [0.1, 0.15) is 6.04 Å². The Bertz CT molecular complexity index is 320. The number of nitriles is 1. The average molecular weight is 252 g/mol. The van der Waals surface area contributed by atoms with Crippen molar-refractivity contribution in [3.05, 3.63) is 0 Å². The summed E-state index contributed by atoms with van der Waals surface area (Å²) in [5, 5.41) is 9.02. The van der Waals surface area contributed by atoms with Gasteiger partial charge < -0.3 is 4.74 Å². The second-order valence-corrected chi connectivity index (χ2v) is 5.55. The van der Waals surface area contributed by atoms with Crippen molar-refractivity contribution in [2.45, 2.75) is 52.5 Å². The van der Waals surface area contributed by atoms with Gasteiger partial charge in [0, 0.05) is 6.54 Å². The molecule has 4 heteroatoms. The van der Waals surface area contributed by atoms with E-state index in [9.17, 15) is 4.79 Å². The smallest absolute Gasteiger partial charge is 0.323 e. The van der Waals surface area contributed by atoms with E-state index in [2.05, 4.69) is 11.0 Å². The molecular weight excluding hydrogens is 228 g/mol. The lowest BCUT2D eigenvalue weighted by atomic mass is 9.90. The lowest BCUT2D eigenvalue weighted by molar-refractivity contribution is -0.151. The Hall–Kier alpha value is -1.08.